The molecule has 0 aromatic heterocycles. The van der Waals surface area contributed by atoms with Crippen LogP contribution in [-0.2, 0) is 14.4 Å². The van der Waals surface area contributed by atoms with Crippen LogP contribution >= 0.6 is 0 Å². The van der Waals surface area contributed by atoms with Gasteiger partial charge in [-0.3, -0.25) is 14.4 Å². The molecule has 0 radical (unpaired) electrons. The Kier molecular flexibility index (Phi) is 10.2. The number of amides is 3. The molecule has 1 rings (SSSR count). The van der Waals surface area contributed by atoms with E-state index in [-0.39, 0.29) is 36.9 Å². The van der Waals surface area contributed by atoms with Crippen molar-refractivity contribution in [1.29, 1.82) is 0 Å². The van der Waals surface area contributed by atoms with Crippen molar-refractivity contribution >= 4 is 23.4 Å². The Bertz CT molecular complexity index is 612. The van der Waals surface area contributed by atoms with E-state index in [0.717, 1.165) is 31.2 Å². The van der Waals surface area contributed by atoms with E-state index in [1.54, 1.807) is 4.90 Å². The Labute approximate surface area is 162 Å². The number of aryl methyl sites for hydroxylation is 1. The van der Waals surface area contributed by atoms with Gasteiger partial charge < -0.3 is 15.5 Å². The first-order valence-electron chi connectivity index (χ1n) is 9.76. The Balaban J connectivity index is 2.41. The lowest BCUT2D eigenvalue weighted by atomic mass is 10.1. The van der Waals surface area contributed by atoms with Crippen LogP contribution in [0.2, 0.25) is 0 Å². The molecule has 0 saturated carbocycles. The number of unbranched alkanes of at least 4 members (excludes halogenated alkanes) is 3. The quantitative estimate of drug-likeness (QED) is 0.583. The van der Waals surface area contributed by atoms with E-state index < -0.39 is 0 Å². The molecule has 0 aliphatic heterocycles. The van der Waals surface area contributed by atoms with Crippen molar-refractivity contribution in [2.75, 3.05) is 18.4 Å². The number of carbonyl (C=O) groups is 3. The summed E-state index contributed by atoms with van der Waals surface area (Å²) in [6, 6.07) is 7.37. The zero-order chi connectivity index (χ0) is 20.2. The van der Waals surface area contributed by atoms with Gasteiger partial charge in [-0.25, -0.2) is 0 Å². The van der Waals surface area contributed by atoms with E-state index >= 15 is 0 Å². The average molecular weight is 376 g/mol. The van der Waals surface area contributed by atoms with Crippen LogP contribution in [0.15, 0.2) is 24.3 Å². The highest BCUT2D eigenvalue weighted by Crippen LogP contribution is 2.09. The second-order valence-corrected chi connectivity index (χ2v) is 7.12. The van der Waals surface area contributed by atoms with Crippen LogP contribution in [0.3, 0.4) is 0 Å². The summed E-state index contributed by atoms with van der Waals surface area (Å²) in [5, 5.41) is 5.31. The number of benzene rings is 1. The summed E-state index contributed by atoms with van der Waals surface area (Å²) in [7, 11) is 0. The zero-order valence-corrected chi connectivity index (χ0v) is 17.0. The summed E-state index contributed by atoms with van der Waals surface area (Å²) >= 11 is 0. The summed E-state index contributed by atoms with van der Waals surface area (Å²) in [5.74, 6) is -0.640. The van der Waals surface area contributed by atoms with Gasteiger partial charge in [0.15, 0.2) is 0 Å². The van der Waals surface area contributed by atoms with Crippen molar-refractivity contribution in [3.8, 4) is 0 Å². The maximum atomic E-state index is 12.4. The van der Waals surface area contributed by atoms with Crippen LogP contribution in [0.25, 0.3) is 0 Å². The van der Waals surface area contributed by atoms with Crippen LogP contribution in [0.4, 0.5) is 5.69 Å². The smallest absolute Gasteiger partial charge is 0.243 e. The topological polar surface area (TPSA) is 78.5 Å². The fourth-order valence-electron chi connectivity index (χ4n) is 2.64. The number of hydrogen-bond acceptors (Lipinski definition) is 3. The highest BCUT2D eigenvalue weighted by molar-refractivity contribution is 5.95. The Morgan fingerprint density at radius 2 is 1.67 bits per heavy atom. The standard InChI is InChI=1S/C21H33N3O3/c1-5-6-7-8-9-21(27)24(16(2)3)15-20(26)22-14-19(25)23-18-12-10-17(4)11-13-18/h10-13,16H,5-9,14-15H2,1-4H3,(H,22,26)(H,23,25). The molecule has 0 aliphatic carbocycles. The van der Waals surface area contributed by atoms with E-state index in [0.29, 0.717) is 12.1 Å². The number of carbonyl (C=O) groups excluding carboxylic acids is 3. The van der Waals surface area contributed by atoms with Gasteiger partial charge in [0, 0.05) is 18.2 Å². The fourth-order valence-corrected chi connectivity index (χ4v) is 2.64. The van der Waals surface area contributed by atoms with Crippen LogP contribution in [0, 0.1) is 6.92 Å². The predicted octanol–water partition coefficient (Wildman–Crippen LogP) is 3.26. The van der Waals surface area contributed by atoms with Crippen molar-refractivity contribution in [1.82, 2.24) is 10.2 Å². The molecule has 150 valence electrons. The number of rotatable bonds is 11. The van der Waals surface area contributed by atoms with E-state index in [4.69, 9.17) is 0 Å². The van der Waals surface area contributed by atoms with E-state index in [1.807, 2.05) is 45.0 Å². The molecule has 0 aliphatic rings. The first-order valence-corrected chi connectivity index (χ1v) is 9.76. The second kappa shape index (κ2) is 12.1. The average Bonchev–Trinajstić information content (AvgIpc) is 2.63. The van der Waals surface area contributed by atoms with E-state index in [1.165, 1.54) is 0 Å². The molecule has 6 heteroatoms. The zero-order valence-electron chi connectivity index (χ0n) is 17.0. The number of anilines is 1. The second-order valence-electron chi connectivity index (χ2n) is 7.12. The first kappa shape index (κ1) is 22.7. The third-order valence-electron chi connectivity index (χ3n) is 4.28. The van der Waals surface area contributed by atoms with Gasteiger partial charge >= 0.3 is 0 Å². The van der Waals surface area contributed by atoms with Crippen LogP contribution < -0.4 is 10.6 Å². The highest BCUT2D eigenvalue weighted by atomic mass is 16.2. The molecule has 0 spiro atoms. The summed E-state index contributed by atoms with van der Waals surface area (Å²) < 4.78 is 0. The van der Waals surface area contributed by atoms with Crippen molar-refractivity contribution in [2.24, 2.45) is 0 Å². The molecule has 0 saturated heterocycles. The number of nitrogens with one attached hydrogen (secondary N) is 2. The van der Waals surface area contributed by atoms with Crippen molar-refractivity contribution in [3.05, 3.63) is 29.8 Å². The molecule has 0 unspecified atom stereocenters. The molecular weight excluding hydrogens is 342 g/mol. The molecule has 27 heavy (non-hydrogen) atoms. The summed E-state index contributed by atoms with van der Waals surface area (Å²) in [6.07, 6.45) is 4.57. The Morgan fingerprint density at radius 3 is 2.26 bits per heavy atom. The summed E-state index contributed by atoms with van der Waals surface area (Å²) in [5.41, 5.74) is 1.79. The molecule has 0 atom stereocenters. The molecule has 1 aromatic carbocycles. The molecular formula is C21H33N3O3. The number of nitrogens with zero attached hydrogens (tertiary/aromatic N) is 1. The van der Waals surface area contributed by atoms with Gasteiger partial charge in [-0.1, -0.05) is 43.9 Å². The lowest BCUT2D eigenvalue weighted by molar-refractivity contribution is -0.138. The molecule has 3 amide bonds. The Hall–Kier alpha value is -2.37. The number of hydrogen-bond donors (Lipinski definition) is 2. The van der Waals surface area contributed by atoms with Gasteiger partial charge in [-0.2, -0.15) is 0 Å². The predicted molar refractivity (Wildman–Crippen MR) is 108 cm³/mol. The van der Waals surface area contributed by atoms with Crippen LogP contribution in [0.1, 0.15) is 58.4 Å². The molecule has 1 aromatic rings. The van der Waals surface area contributed by atoms with E-state index in [2.05, 4.69) is 17.6 Å². The molecule has 0 fully saturated rings. The lowest BCUT2D eigenvalue weighted by Gasteiger charge is -2.26. The molecule has 0 heterocycles. The maximum absolute atomic E-state index is 12.4. The first-order chi connectivity index (χ1) is 12.8. The summed E-state index contributed by atoms with van der Waals surface area (Å²) in [4.78, 5) is 38.0. The van der Waals surface area contributed by atoms with Gasteiger partial charge in [0.2, 0.25) is 17.7 Å². The van der Waals surface area contributed by atoms with Gasteiger partial charge in [0.05, 0.1) is 13.1 Å². The third kappa shape index (κ3) is 9.22. The third-order valence-corrected chi connectivity index (χ3v) is 4.28. The maximum Gasteiger partial charge on any atom is 0.243 e. The highest BCUT2D eigenvalue weighted by Gasteiger charge is 2.20. The van der Waals surface area contributed by atoms with E-state index in [9.17, 15) is 14.4 Å². The van der Waals surface area contributed by atoms with Crippen molar-refractivity contribution < 1.29 is 14.4 Å². The molecule has 2 N–H and O–H groups in total. The Morgan fingerprint density at radius 1 is 1.00 bits per heavy atom. The van der Waals surface area contributed by atoms with Gasteiger partial charge in [-0.15, -0.1) is 0 Å². The monoisotopic (exact) mass is 375 g/mol. The van der Waals surface area contributed by atoms with Crippen LogP contribution in [-0.4, -0.2) is 41.8 Å². The lowest BCUT2D eigenvalue weighted by Crippen LogP contribution is -2.45. The minimum absolute atomic E-state index is 0.0136. The largest absolute Gasteiger partial charge is 0.345 e. The fraction of sp³-hybridized carbons (Fsp3) is 0.571. The van der Waals surface area contributed by atoms with Crippen LogP contribution in [0.5, 0.6) is 0 Å². The van der Waals surface area contributed by atoms with Gasteiger partial charge in [0.1, 0.15) is 0 Å². The SMILES string of the molecule is CCCCCCC(=O)N(CC(=O)NCC(=O)Nc1ccc(C)cc1)C(C)C. The van der Waals surface area contributed by atoms with Crippen molar-refractivity contribution in [2.45, 2.75) is 65.8 Å². The minimum atomic E-state index is -0.329. The minimum Gasteiger partial charge on any atom is -0.345 e. The van der Waals surface area contributed by atoms with Gasteiger partial charge in [-0.05, 0) is 39.3 Å². The summed E-state index contributed by atoms with van der Waals surface area (Å²) in [6.45, 7) is 7.73. The molecule has 0 bridgehead atoms. The normalized spacial score (nSPS) is 10.6. The van der Waals surface area contributed by atoms with Crippen molar-refractivity contribution in [3.63, 3.8) is 0 Å². The van der Waals surface area contributed by atoms with Gasteiger partial charge in [0.25, 0.3) is 0 Å². The molecule has 6 nitrogen and oxygen atoms in total.